The maximum absolute atomic E-state index is 12.6. The molecule has 1 N–H and O–H groups in total. The van der Waals surface area contributed by atoms with Gasteiger partial charge in [0.2, 0.25) is 0 Å². The number of rotatable bonds is 7. The number of amides is 2. The molecule has 10 heteroatoms. The molecule has 0 spiro atoms. The van der Waals surface area contributed by atoms with Crippen molar-refractivity contribution in [2.24, 2.45) is 0 Å². The molecule has 3 aromatic rings. The summed E-state index contributed by atoms with van der Waals surface area (Å²) in [4.78, 5) is 42.7. The minimum Gasteiger partial charge on any atom is -0.497 e. The van der Waals surface area contributed by atoms with Gasteiger partial charge in [0.05, 0.1) is 25.1 Å². The number of fused-ring (bicyclic) bond motifs is 1. The van der Waals surface area contributed by atoms with Crippen molar-refractivity contribution < 1.29 is 28.6 Å². The average molecular weight is 468 g/mol. The standard InChI is InChI=1S/C23H21N3O6S/c1-3-31-21(28)11-26-18-10-14(7-8-19(18)32-12-20(26)27)17-13-33-23(24-17)25-22(29)15-5-4-6-16(9-15)30-2/h4-10,13H,3,11-12H2,1-2H3,(H,24,25,29). The summed E-state index contributed by atoms with van der Waals surface area (Å²) in [7, 11) is 1.54. The smallest absolute Gasteiger partial charge is 0.326 e. The molecule has 1 aromatic heterocycles. The molecule has 33 heavy (non-hydrogen) atoms. The third kappa shape index (κ3) is 4.96. The van der Waals surface area contributed by atoms with Crippen LogP contribution in [-0.4, -0.2) is 49.6 Å². The first-order chi connectivity index (χ1) is 16.0. The maximum atomic E-state index is 12.6. The van der Waals surface area contributed by atoms with Crippen LogP contribution in [0.1, 0.15) is 17.3 Å². The van der Waals surface area contributed by atoms with Gasteiger partial charge in [0.25, 0.3) is 11.8 Å². The summed E-state index contributed by atoms with van der Waals surface area (Å²) in [6.45, 7) is 1.58. The van der Waals surface area contributed by atoms with Gasteiger partial charge >= 0.3 is 5.97 Å². The monoisotopic (exact) mass is 467 g/mol. The number of aromatic nitrogens is 1. The number of hydrogen-bond donors (Lipinski definition) is 1. The molecule has 0 unspecified atom stereocenters. The van der Waals surface area contributed by atoms with E-state index >= 15 is 0 Å². The Labute approximate surface area is 193 Å². The summed E-state index contributed by atoms with van der Waals surface area (Å²) in [6, 6.07) is 12.1. The summed E-state index contributed by atoms with van der Waals surface area (Å²) in [5.41, 5.74) is 2.23. The number of methoxy groups -OCH3 is 1. The van der Waals surface area contributed by atoms with Crippen LogP contribution in [0.3, 0.4) is 0 Å². The SMILES string of the molecule is CCOC(=O)CN1C(=O)COc2ccc(-c3csc(NC(=O)c4cccc(OC)c4)n3)cc21. The number of benzene rings is 2. The van der Waals surface area contributed by atoms with E-state index in [0.29, 0.717) is 39.1 Å². The van der Waals surface area contributed by atoms with Crippen molar-refractivity contribution in [3.8, 4) is 22.8 Å². The van der Waals surface area contributed by atoms with Crippen molar-refractivity contribution in [1.82, 2.24) is 4.98 Å². The molecule has 0 saturated heterocycles. The van der Waals surface area contributed by atoms with Gasteiger partial charge in [-0.15, -0.1) is 11.3 Å². The molecule has 0 saturated carbocycles. The number of carbonyl (C=O) groups is 3. The first-order valence-corrected chi connectivity index (χ1v) is 11.0. The Morgan fingerprint density at radius 3 is 2.88 bits per heavy atom. The Morgan fingerprint density at radius 2 is 2.09 bits per heavy atom. The molecule has 2 heterocycles. The van der Waals surface area contributed by atoms with Crippen LogP contribution in [0.4, 0.5) is 10.8 Å². The zero-order chi connectivity index (χ0) is 23.4. The molecule has 0 radical (unpaired) electrons. The third-order valence-electron chi connectivity index (χ3n) is 4.85. The number of nitrogens with one attached hydrogen (secondary N) is 1. The Bertz CT molecular complexity index is 1210. The molecule has 0 bridgehead atoms. The van der Waals surface area contributed by atoms with E-state index in [9.17, 15) is 14.4 Å². The largest absolute Gasteiger partial charge is 0.497 e. The predicted molar refractivity (Wildman–Crippen MR) is 123 cm³/mol. The lowest BCUT2D eigenvalue weighted by molar-refractivity contribution is -0.142. The lowest BCUT2D eigenvalue weighted by Gasteiger charge is -2.28. The van der Waals surface area contributed by atoms with Gasteiger partial charge < -0.3 is 14.2 Å². The minimum atomic E-state index is -0.500. The molecule has 170 valence electrons. The van der Waals surface area contributed by atoms with Gasteiger partial charge in [0.1, 0.15) is 18.0 Å². The van der Waals surface area contributed by atoms with Crippen molar-refractivity contribution in [1.29, 1.82) is 0 Å². The van der Waals surface area contributed by atoms with Crippen molar-refractivity contribution in [3.63, 3.8) is 0 Å². The van der Waals surface area contributed by atoms with Gasteiger partial charge in [0.15, 0.2) is 11.7 Å². The zero-order valence-electron chi connectivity index (χ0n) is 18.0. The minimum absolute atomic E-state index is 0.150. The first kappa shape index (κ1) is 22.3. The zero-order valence-corrected chi connectivity index (χ0v) is 18.8. The fourth-order valence-corrected chi connectivity index (χ4v) is 3.98. The number of hydrogen-bond acceptors (Lipinski definition) is 8. The van der Waals surface area contributed by atoms with Gasteiger partial charge in [0, 0.05) is 16.5 Å². The number of ether oxygens (including phenoxy) is 3. The Kier molecular flexibility index (Phi) is 6.55. The van der Waals surface area contributed by atoms with E-state index in [1.165, 1.54) is 23.3 Å². The summed E-state index contributed by atoms with van der Waals surface area (Å²) in [5, 5.41) is 5.00. The predicted octanol–water partition coefficient (Wildman–Crippen LogP) is 3.36. The lowest BCUT2D eigenvalue weighted by Crippen LogP contribution is -2.42. The molecule has 0 atom stereocenters. The molecule has 1 aliphatic rings. The van der Waals surface area contributed by atoms with E-state index in [1.807, 2.05) is 0 Å². The summed E-state index contributed by atoms with van der Waals surface area (Å²) < 4.78 is 15.6. The summed E-state index contributed by atoms with van der Waals surface area (Å²) >= 11 is 1.27. The third-order valence-corrected chi connectivity index (χ3v) is 5.60. The van der Waals surface area contributed by atoms with Gasteiger partial charge in [-0.05, 0) is 43.3 Å². The van der Waals surface area contributed by atoms with E-state index in [2.05, 4.69) is 10.3 Å². The molecule has 0 fully saturated rings. The van der Waals surface area contributed by atoms with Crippen molar-refractivity contribution >= 4 is 39.9 Å². The van der Waals surface area contributed by atoms with Crippen LogP contribution in [-0.2, 0) is 14.3 Å². The highest BCUT2D eigenvalue weighted by Gasteiger charge is 2.28. The first-order valence-electron chi connectivity index (χ1n) is 10.1. The molecule has 0 aliphatic carbocycles. The molecule has 4 rings (SSSR count). The lowest BCUT2D eigenvalue weighted by atomic mass is 10.1. The normalized spacial score (nSPS) is 12.5. The highest BCUT2D eigenvalue weighted by molar-refractivity contribution is 7.14. The van der Waals surface area contributed by atoms with Crippen LogP contribution < -0.4 is 19.7 Å². The number of carbonyl (C=O) groups excluding carboxylic acids is 3. The molecular weight excluding hydrogens is 446 g/mol. The van der Waals surface area contributed by atoms with Crippen LogP contribution in [0.2, 0.25) is 0 Å². The van der Waals surface area contributed by atoms with Crippen molar-refractivity contribution in [2.75, 3.05) is 37.1 Å². The Morgan fingerprint density at radius 1 is 1.24 bits per heavy atom. The van der Waals surface area contributed by atoms with Gasteiger partial charge in [-0.2, -0.15) is 0 Å². The fraction of sp³-hybridized carbons (Fsp3) is 0.217. The molecule has 1 aliphatic heterocycles. The van der Waals surface area contributed by atoms with E-state index < -0.39 is 5.97 Å². The molecule has 9 nitrogen and oxygen atoms in total. The number of nitrogens with zero attached hydrogens (tertiary/aromatic N) is 2. The van der Waals surface area contributed by atoms with Crippen molar-refractivity contribution in [3.05, 3.63) is 53.4 Å². The quantitative estimate of drug-likeness (QED) is 0.531. The van der Waals surface area contributed by atoms with Crippen LogP contribution in [0.15, 0.2) is 47.8 Å². The van der Waals surface area contributed by atoms with E-state index in [0.717, 1.165) is 0 Å². The van der Waals surface area contributed by atoms with Crippen LogP contribution in [0.5, 0.6) is 11.5 Å². The molecule has 2 aromatic carbocycles. The second kappa shape index (κ2) is 9.70. The molecule has 2 amide bonds. The fourth-order valence-electron chi connectivity index (χ4n) is 3.27. The summed E-state index contributed by atoms with van der Waals surface area (Å²) in [5.74, 6) is -0.0671. The topological polar surface area (TPSA) is 107 Å². The maximum Gasteiger partial charge on any atom is 0.326 e. The summed E-state index contributed by atoms with van der Waals surface area (Å²) in [6.07, 6.45) is 0. The van der Waals surface area contributed by atoms with Crippen LogP contribution in [0, 0.1) is 0 Å². The Balaban J connectivity index is 1.55. The van der Waals surface area contributed by atoms with E-state index in [-0.39, 0.29) is 31.6 Å². The number of thiazole rings is 1. The van der Waals surface area contributed by atoms with Gasteiger partial charge in [-0.25, -0.2) is 4.98 Å². The van der Waals surface area contributed by atoms with Crippen LogP contribution in [0.25, 0.3) is 11.3 Å². The van der Waals surface area contributed by atoms with Crippen LogP contribution >= 0.6 is 11.3 Å². The number of anilines is 2. The highest BCUT2D eigenvalue weighted by Crippen LogP contribution is 2.36. The Hall–Kier alpha value is -3.92. The highest BCUT2D eigenvalue weighted by atomic mass is 32.1. The number of esters is 1. The van der Waals surface area contributed by atoms with E-state index in [4.69, 9.17) is 14.2 Å². The van der Waals surface area contributed by atoms with Gasteiger partial charge in [-0.1, -0.05) is 6.07 Å². The average Bonchev–Trinajstić information content (AvgIpc) is 3.29. The molecular formula is C23H21N3O6S. The second-order valence-electron chi connectivity index (χ2n) is 6.98. The van der Waals surface area contributed by atoms with E-state index in [1.54, 1.807) is 54.8 Å². The second-order valence-corrected chi connectivity index (χ2v) is 7.84. The van der Waals surface area contributed by atoms with Crippen molar-refractivity contribution in [2.45, 2.75) is 6.92 Å². The van der Waals surface area contributed by atoms with Gasteiger partial charge in [-0.3, -0.25) is 24.6 Å².